The third-order valence-electron chi connectivity index (χ3n) is 14.0. The van der Waals surface area contributed by atoms with E-state index in [2.05, 4.69) is 112 Å². The van der Waals surface area contributed by atoms with Crippen molar-refractivity contribution in [1.29, 1.82) is 5.26 Å². The summed E-state index contributed by atoms with van der Waals surface area (Å²) >= 11 is 0. The van der Waals surface area contributed by atoms with Gasteiger partial charge in [-0.2, -0.15) is 5.26 Å². The number of nitrogens with zero attached hydrogens (tertiary/aromatic N) is 10. The quantitative estimate of drug-likeness (QED) is 0.140. The van der Waals surface area contributed by atoms with E-state index in [4.69, 9.17) is 34.9 Å². The first kappa shape index (κ1) is 44.0. The molecule has 5 aromatic heterocycles. The van der Waals surface area contributed by atoms with Gasteiger partial charge >= 0.3 is 0 Å². The van der Waals surface area contributed by atoms with Crippen LogP contribution in [0.4, 0.5) is 0 Å². The van der Waals surface area contributed by atoms with Crippen molar-refractivity contribution in [2.75, 3.05) is 0 Å². The molecule has 0 N–H and O–H groups in total. The van der Waals surface area contributed by atoms with Gasteiger partial charge in [-0.05, 0) is 66.7 Å². The van der Waals surface area contributed by atoms with Gasteiger partial charge in [0.1, 0.15) is 0 Å². The maximum atomic E-state index is 10.5. The summed E-state index contributed by atoms with van der Waals surface area (Å²) in [4.78, 5) is 35.0. The third-order valence-corrected chi connectivity index (χ3v) is 14.0. The monoisotopic (exact) mass is 972 g/mol. The number of fused-ring (bicyclic) bond motifs is 6. The number of benzene rings is 9. The molecule has 0 saturated heterocycles. The highest BCUT2D eigenvalue weighted by Crippen LogP contribution is 2.42. The zero-order valence-electron chi connectivity index (χ0n) is 40.6. The van der Waals surface area contributed by atoms with Crippen LogP contribution in [0.2, 0.25) is 0 Å². The summed E-state index contributed by atoms with van der Waals surface area (Å²) in [6.07, 6.45) is 3.77. The minimum atomic E-state index is 0.539. The van der Waals surface area contributed by atoms with Crippen LogP contribution < -0.4 is 0 Å². The molecule has 0 atom stereocenters. The second kappa shape index (κ2) is 18.4. The summed E-state index contributed by atoms with van der Waals surface area (Å²) in [6.45, 7) is 0. The van der Waals surface area contributed by atoms with Crippen LogP contribution >= 0.6 is 0 Å². The van der Waals surface area contributed by atoms with Gasteiger partial charge in [-0.1, -0.05) is 164 Å². The molecule has 5 heterocycles. The van der Waals surface area contributed by atoms with Crippen LogP contribution in [0.5, 0.6) is 0 Å². The van der Waals surface area contributed by atoms with E-state index in [0.717, 1.165) is 99.5 Å². The van der Waals surface area contributed by atoms with Gasteiger partial charge in [0, 0.05) is 72.2 Å². The average molecular weight is 973 g/mol. The van der Waals surface area contributed by atoms with Crippen LogP contribution in [0.25, 0.3) is 134 Å². The van der Waals surface area contributed by atoms with E-state index in [9.17, 15) is 5.26 Å². The van der Waals surface area contributed by atoms with Crippen molar-refractivity contribution < 1.29 is 0 Å². The Balaban J connectivity index is 0.934. The molecule has 0 aliphatic rings. The SMILES string of the molecule is N#Cc1ccc(-c2ccncc2-n2c3ccccc3c3cc(-c4nc(-c5ccccc5)nc(-c5ccccc5)n4)ccc32)c(-n2c3ccccc3c3cc(-c4nc(-c5ccccc5)nc(-c5ccccc5)n4)ccc32)c1. The maximum absolute atomic E-state index is 10.5. The number of pyridine rings is 1. The molecule has 0 radical (unpaired) electrons. The molecule has 0 saturated carbocycles. The first-order valence-corrected chi connectivity index (χ1v) is 24.9. The van der Waals surface area contributed by atoms with Gasteiger partial charge in [0.2, 0.25) is 0 Å². The van der Waals surface area contributed by atoms with Crippen molar-refractivity contribution in [3.05, 3.63) is 248 Å². The fourth-order valence-corrected chi connectivity index (χ4v) is 10.4. The van der Waals surface area contributed by atoms with E-state index in [0.29, 0.717) is 40.5 Å². The molecule has 76 heavy (non-hydrogen) atoms. The smallest absolute Gasteiger partial charge is 0.164 e. The fraction of sp³-hybridized carbons (Fsp3) is 0. The van der Waals surface area contributed by atoms with Gasteiger partial charge in [0.25, 0.3) is 0 Å². The second-order valence-electron chi connectivity index (χ2n) is 18.5. The van der Waals surface area contributed by atoms with Crippen molar-refractivity contribution in [2.45, 2.75) is 0 Å². The van der Waals surface area contributed by atoms with Crippen LogP contribution in [0.1, 0.15) is 5.56 Å². The molecule has 0 fully saturated rings. The number of aromatic nitrogens is 9. The van der Waals surface area contributed by atoms with Gasteiger partial charge in [-0.3, -0.25) is 4.98 Å². The molecule has 0 spiro atoms. The van der Waals surface area contributed by atoms with Crippen LogP contribution in [0.15, 0.2) is 243 Å². The Bertz CT molecular complexity index is 4470. The Morgan fingerprint density at radius 1 is 0.303 bits per heavy atom. The fourth-order valence-electron chi connectivity index (χ4n) is 10.4. The van der Waals surface area contributed by atoms with Crippen molar-refractivity contribution in [1.82, 2.24) is 44.0 Å². The topological polar surface area (TPSA) is 124 Å². The molecular formula is C66H40N10. The van der Waals surface area contributed by atoms with E-state index in [-0.39, 0.29) is 0 Å². The average Bonchev–Trinajstić information content (AvgIpc) is 4.10. The molecule has 0 amide bonds. The summed E-state index contributed by atoms with van der Waals surface area (Å²) in [5.41, 5.74) is 13.4. The lowest BCUT2D eigenvalue weighted by Gasteiger charge is -2.18. The highest BCUT2D eigenvalue weighted by atomic mass is 15.1. The third kappa shape index (κ3) is 7.63. The Hall–Kier alpha value is -10.8. The molecule has 10 heteroatoms. The minimum Gasteiger partial charge on any atom is -0.309 e. The van der Waals surface area contributed by atoms with Crippen LogP contribution in [0.3, 0.4) is 0 Å². The lowest BCUT2D eigenvalue weighted by molar-refractivity contribution is 1.07. The summed E-state index contributed by atoms with van der Waals surface area (Å²) in [5.74, 6) is 3.55. The lowest BCUT2D eigenvalue weighted by Crippen LogP contribution is -2.03. The van der Waals surface area contributed by atoms with Crippen molar-refractivity contribution >= 4 is 43.6 Å². The second-order valence-corrected chi connectivity index (χ2v) is 18.5. The molecule has 0 aliphatic carbocycles. The van der Waals surface area contributed by atoms with Crippen LogP contribution in [-0.2, 0) is 0 Å². The summed E-state index contributed by atoms with van der Waals surface area (Å²) in [5, 5.41) is 14.7. The van der Waals surface area contributed by atoms with Crippen LogP contribution in [0, 0.1) is 11.3 Å². The van der Waals surface area contributed by atoms with E-state index in [1.807, 2.05) is 146 Å². The van der Waals surface area contributed by atoms with Gasteiger partial charge in [0.05, 0.1) is 51.3 Å². The molecular weight excluding hydrogens is 933 g/mol. The first-order valence-electron chi connectivity index (χ1n) is 24.9. The predicted octanol–water partition coefficient (Wildman–Crippen LogP) is 15.2. The molecule has 10 nitrogen and oxygen atoms in total. The van der Waals surface area contributed by atoms with Gasteiger partial charge < -0.3 is 9.13 Å². The molecule has 14 rings (SSSR count). The Kier molecular flexibility index (Phi) is 10.6. The standard InChI is InChI=1S/C66H40N10/c67-40-42-29-32-51(59(37-42)75-55-27-15-13-25-49(55)53-38-47(30-33-57(53)75)65-71-61(43-17-5-1-6-18-43)69-62(72-65)44-19-7-2-8-20-44)52-35-36-68-41-60(52)76-56-28-16-14-26-50(56)54-39-48(31-34-58(54)76)66-73-63(45-21-9-3-10-22-45)70-64(74-66)46-23-11-4-12-24-46/h1-39,41H. The van der Waals surface area contributed by atoms with Crippen molar-refractivity contribution in [3.8, 4) is 96.9 Å². The summed E-state index contributed by atoms with van der Waals surface area (Å²) in [6, 6.07) is 80.2. The number of para-hydroxylation sites is 2. The molecule has 0 aliphatic heterocycles. The predicted molar refractivity (Wildman–Crippen MR) is 302 cm³/mol. The molecule has 9 aromatic carbocycles. The van der Waals surface area contributed by atoms with E-state index >= 15 is 0 Å². The molecule has 14 aromatic rings. The van der Waals surface area contributed by atoms with E-state index in [1.165, 1.54) is 0 Å². The maximum Gasteiger partial charge on any atom is 0.164 e. The van der Waals surface area contributed by atoms with Gasteiger partial charge in [-0.25, -0.2) is 29.9 Å². The number of nitriles is 1. The summed E-state index contributed by atoms with van der Waals surface area (Å²) < 4.78 is 4.56. The zero-order chi connectivity index (χ0) is 50.5. The number of hydrogen-bond donors (Lipinski definition) is 0. The zero-order valence-corrected chi connectivity index (χ0v) is 40.6. The number of rotatable bonds is 9. The van der Waals surface area contributed by atoms with Crippen molar-refractivity contribution in [2.24, 2.45) is 0 Å². The molecule has 354 valence electrons. The lowest BCUT2D eigenvalue weighted by atomic mass is 10.00. The molecule has 0 unspecified atom stereocenters. The van der Waals surface area contributed by atoms with Gasteiger partial charge in [-0.15, -0.1) is 0 Å². The molecule has 0 bridgehead atoms. The first-order chi connectivity index (χ1) is 37.6. The van der Waals surface area contributed by atoms with Crippen molar-refractivity contribution in [3.63, 3.8) is 0 Å². The summed E-state index contributed by atoms with van der Waals surface area (Å²) in [7, 11) is 0. The highest BCUT2D eigenvalue weighted by Gasteiger charge is 2.23. The van der Waals surface area contributed by atoms with Crippen LogP contribution in [-0.4, -0.2) is 44.0 Å². The Labute approximate surface area is 436 Å². The number of hydrogen-bond acceptors (Lipinski definition) is 8. The van der Waals surface area contributed by atoms with E-state index in [1.54, 1.807) is 0 Å². The minimum absolute atomic E-state index is 0.539. The Morgan fingerprint density at radius 2 is 0.671 bits per heavy atom. The largest absolute Gasteiger partial charge is 0.309 e. The van der Waals surface area contributed by atoms with Gasteiger partial charge in [0.15, 0.2) is 34.9 Å². The Morgan fingerprint density at radius 3 is 1.11 bits per heavy atom. The highest BCUT2D eigenvalue weighted by molar-refractivity contribution is 6.12. The normalized spacial score (nSPS) is 11.4. The van der Waals surface area contributed by atoms with E-state index < -0.39 is 0 Å².